The van der Waals surface area contributed by atoms with Crippen molar-refractivity contribution in [3.05, 3.63) is 23.2 Å². The lowest BCUT2D eigenvalue weighted by atomic mass is 9.74. The van der Waals surface area contributed by atoms with Gasteiger partial charge in [-0.15, -0.1) is 0 Å². The molecule has 18 heavy (non-hydrogen) atoms. The number of hydrogen-bond donors (Lipinski definition) is 1. The average molecular weight is 268 g/mol. The lowest BCUT2D eigenvalue weighted by molar-refractivity contribution is -0.153. The molecule has 2 aliphatic rings. The minimum atomic E-state index is 0.100. The van der Waals surface area contributed by atoms with Crippen LogP contribution in [0, 0.1) is 0 Å². The van der Waals surface area contributed by atoms with Crippen LogP contribution < -0.4 is 10.5 Å². The smallest absolute Gasteiger partial charge is 0.138 e. The van der Waals surface area contributed by atoms with Crippen molar-refractivity contribution in [2.45, 2.75) is 43.8 Å². The molecule has 4 heteroatoms. The Morgan fingerprint density at radius 3 is 2.89 bits per heavy atom. The van der Waals surface area contributed by atoms with Crippen LogP contribution >= 0.6 is 11.6 Å². The van der Waals surface area contributed by atoms with E-state index in [9.17, 15) is 0 Å². The fraction of sp³-hybridized carbons (Fsp3) is 0.571. The van der Waals surface area contributed by atoms with E-state index in [1.807, 2.05) is 12.1 Å². The minimum Gasteiger partial charge on any atom is -0.489 e. The number of ether oxygens (including phenoxy) is 2. The Labute approximate surface area is 112 Å². The Hall–Kier alpha value is -0.930. The molecule has 1 aromatic carbocycles. The standard InChI is InChI=1S/C14H18ClNO2/c15-12-8-10(16)2-3-13(12)18-11-4-7-17-14(9-11)5-1-6-14/h2-3,8,11H,1,4-7,9,16H2. The first-order chi connectivity index (χ1) is 8.67. The van der Waals surface area contributed by atoms with Crippen LogP contribution in [0.5, 0.6) is 5.75 Å². The van der Waals surface area contributed by atoms with Gasteiger partial charge in [-0.3, -0.25) is 0 Å². The summed E-state index contributed by atoms with van der Waals surface area (Å²) < 4.78 is 11.9. The molecule has 3 nitrogen and oxygen atoms in total. The predicted octanol–water partition coefficient (Wildman–Crippen LogP) is 3.40. The Kier molecular flexibility index (Phi) is 3.12. The molecule has 1 spiro atoms. The van der Waals surface area contributed by atoms with E-state index in [1.165, 1.54) is 19.3 Å². The molecule has 0 amide bonds. The van der Waals surface area contributed by atoms with Crippen LogP contribution in [0.4, 0.5) is 5.69 Å². The van der Waals surface area contributed by atoms with Crippen LogP contribution in [-0.4, -0.2) is 18.3 Å². The molecule has 1 saturated carbocycles. The number of hydrogen-bond acceptors (Lipinski definition) is 3. The van der Waals surface area contributed by atoms with Crippen LogP contribution in [0.3, 0.4) is 0 Å². The monoisotopic (exact) mass is 267 g/mol. The third-order valence-electron chi connectivity index (χ3n) is 3.96. The van der Waals surface area contributed by atoms with Crippen molar-refractivity contribution in [3.8, 4) is 5.75 Å². The van der Waals surface area contributed by atoms with Gasteiger partial charge in [0.05, 0.1) is 17.2 Å². The van der Waals surface area contributed by atoms with Gasteiger partial charge in [0.1, 0.15) is 11.9 Å². The van der Waals surface area contributed by atoms with Crippen LogP contribution in [0.25, 0.3) is 0 Å². The summed E-state index contributed by atoms with van der Waals surface area (Å²) in [4.78, 5) is 0. The Bertz CT molecular complexity index is 445. The SMILES string of the molecule is Nc1ccc(OC2CCOC3(CCC3)C2)c(Cl)c1. The maximum Gasteiger partial charge on any atom is 0.138 e. The van der Waals surface area contributed by atoms with Gasteiger partial charge in [0.25, 0.3) is 0 Å². The molecule has 1 aliphatic heterocycles. The first kappa shape index (κ1) is 12.1. The molecular formula is C14H18ClNO2. The molecule has 0 radical (unpaired) electrons. The van der Waals surface area contributed by atoms with Gasteiger partial charge in [-0.25, -0.2) is 0 Å². The van der Waals surface area contributed by atoms with Gasteiger partial charge in [0.2, 0.25) is 0 Å². The number of benzene rings is 1. The largest absolute Gasteiger partial charge is 0.489 e. The molecule has 1 aromatic rings. The Balaban J connectivity index is 1.68. The fourth-order valence-electron chi connectivity index (χ4n) is 2.80. The number of anilines is 1. The summed E-state index contributed by atoms with van der Waals surface area (Å²) in [7, 11) is 0. The normalized spacial score (nSPS) is 25.7. The second kappa shape index (κ2) is 4.63. The average Bonchev–Trinajstić information content (AvgIpc) is 2.31. The highest BCUT2D eigenvalue weighted by Crippen LogP contribution is 2.43. The highest BCUT2D eigenvalue weighted by molar-refractivity contribution is 6.32. The number of nitrogens with two attached hydrogens (primary N) is 1. The van der Waals surface area contributed by atoms with E-state index in [1.54, 1.807) is 6.07 Å². The first-order valence-corrected chi connectivity index (χ1v) is 6.90. The van der Waals surface area contributed by atoms with E-state index in [2.05, 4.69) is 0 Å². The van der Waals surface area contributed by atoms with E-state index in [4.69, 9.17) is 26.8 Å². The van der Waals surface area contributed by atoms with Crippen molar-refractivity contribution < 1.29 is 9.47 Å². The molecule has 2 N–H and O–H groups in total. The highest BCUT2D eigenvalue weighted by atomic mass is 35.5. The maximum absolute atomic E-state index is 6.13. The van der Waals surface area contributed by atoms with E-state index in [0.29, 0.717) is 10.7 Å². The number of rotatable bonds is 2. The van der Waals surface area contributed by atoms with Gasteiger partial charge < -0.3 is 15.2 Å². The zero-order valence-corrected chi connectivity index (χ0v) is 11.1. The zero-order valence-electron chi connectivity index (χ0n) is 10.3. The lowest BCUT2D eigenvalue weighted by Crippen LogP contribution is -2.48. The summed E-state index contributed by atoms with van der Waals surface area (Å²) in [6.07, 6.45) is 5.73. The molecule has 1 atom stereocenters. The molecule has 1 aliphatic carbocycles. The van der Waals surface area contributed by atoms with E-state index >= 15 is 0 Å². The highest BCUT2D eigenvalue weighted by Gasteiger charge is 2.43. The summed E-state index contributed by atoms with van der Waals surface area (Å²) in [6, 6.07) is 5.40. The third-order valence-corrected chi connectivity index (χ3v) is 4.26. The molecule has 1 unspecified atom stereocenters. The summed E-state index contributed by atoms with van der Waals surface area (Å²) in [5.41, 5.74) is 6.44. The number of halogens is 1. The predicted molar refractivity (Wildman–Crippen MR) is 72.0 cm³/mol. The topological polar surface area (TPSA) is 44.5 Å². The van der Waals surface area contributed by atoms with Gasteiger partial charge in [-0.05, 0) is 37.5 Å². The fourth-order valence-corrected chi connectivity index (χ4v) is 3.03. The van der Waals surface area contributed by atoms with Gasteiger partial charge in [0, 0.05) is 18.5 Å². The van der Waals surface area contributed by atoms with Gasteiger partial charge >= 0.3 is 0 Å². The van der Waals surface area contributed by atoms with Crippen molar-refractivity contribution in [2.24, 2.45) is 0 Å². The van der Waals surface area contributed by atoms with Crippen molar-refractivity contribution in [1.82, 2.24) is 0 Å². The zero-order chi connectivity index (χ0) is 12.6. The second-order valence-corrected chi connectivity index (χ2v) is 5.71. The summed E-state index contributed by atoms with van der Waals surface area (Å²) in [5, 5.41) is 0.587. The second-order valence-electron chi connectivity index (χ2n) is 5.31. The molecule has 0 aromatic heterocycles. The minimum absolute atomic E-state index is 0.100. The van der Waals surface area contributed by atoms with Crippen molar-refractivity contribution in [3.63, 3.8) is 0 Å². The molecule has 2 fully saturated rings. The quantitative estimate of drug-likeness (QED) is 0.836. The van der Waals surface area contributed by atoms with Gasteiger partial charge in [-0.1, -0.05) is 11.6 Å². The van der Waals surface area contributed by atoms with Crippen LogP contribution in [-0.2, 0) is 4.74 Å². The third kappa shape index (κ3) is 2.29. The molecule has 1 heterocycles. The molecule has 0 bridgehead atoms. The summed E-state index contributed by atoms with van der Waals surface area (Å²) in [5.74, 6) is 0.729. The maximum atomic E-state index is 6.13. The van der Waals surface area contributed by atoms with E-state index in [-0.39, 0.29) is 11.7 Å². The van der Waals surface area contributed by atoms with Crippen molar-refractivity contribution >= 4 is 17.3 Å². The molecule has 3 rings (SSSR count). The molecule has 1 saturated heterocycles. The summed E-state index contributed by atoms with van der Waals surface area (Å²) >= 11 is 6.13. The van der Waals surface area contributed by atoms with E-state index in [0.717, 1.165) is 25.2 Å². The van der Waals surface area contributed by atoms with Gasteiger partial charge in [0.15, 0.2) is 0 Å². The van der Waals surface area contributed by atoms with Crippen LogP contribution in [0.15, 0.2) is 18.2 Å². The number of nitrogen functional groups attached to an aromatic ring is 1. The van der Waals surface area contributed by atoms with Crippen LogP contribution in [0.1, 0.15) is 32.1 Å². The van der Waals surface area contributed by atoms with Gasteiger partial charge in [-0.2, -0.15) is 0 Å². The molecule has 98 valence electrons. The lowest BCUT2D eigenvalue weighted by Gasteiger charge is -2.46. The van der Waals surface area contributed by atoms with E-state index < -0.39 is 0 Å². The van der Waals surface area contributed by atoms with Crippen LogP contribution in [0.2, 0.25) is 5.02 Å². The first-order valence-electron chi connectivity index (χ1n) is 6.53. The molecular weight excluding hydrogens is 250 g/mol. The Morgan fingerprint density at radius 2 is 2.22 bits per heavy atom. The summed E-state index contributed by atoms with van der Waals surface area (Å²) in [6.45, 7) is 0.789. The van der Waals surface area contributed by atoms with Crippen molar-refractivity contribution in [1.29, 1.82) is 0 Å². The Morgan fingerprint density at radius 1 is 1.39 bits per heavy atom. The van der Waals surface area contributed by atoms with Crippen molar-refractivity contribution in [2.75, 3.05) is 12.3 Å².